The fourth-order valence-electron chi connectivity index (χ4n) is 4.20. The number of nitrogens with zero attached hydrogens (tertiary/aromatic N) is 1. The van der Waals surface area contributed by atoms with Crippen LogP contribution in [-0.2, 0) is 0 Å². The monoisotopic (exact) mass is 266 g/mol. The van der Waals surface area contributed by atoms with Gasteiger partial charge in [-0.15, -0.1) is 0 Å². The van der Waals surface area contributed by atoms with E-state index in [1.165, 1.54) is 51.6 Å². The fraction of sp³-hybridized carbons (Fsp3) is 1.00. The molecule has 0 aliphatic heterocycles. The van der Waals surface area contributed by atoms with Gasteiger partial charge >= 0.3 is 0 Å². The summed E-state index contributed by atoms with van der Waals surface area (Å²) in [5.74, 6) is 1.70. The first kappa shape index (κ1) is 15.3. The van der Waals surface area contributed by atoms with Crippen LogP contribution in [0, 0.1) is 17.3 Å². The van der Waals surface area contributed by atoms with Gasteiger partial charge in [-0.3, -0.25) is 4.90 Å². The van der Waals surface area contributed by atoms with E-state index in [1.54, 1.807) is 0 Å². The Kier molecular flexibility index (Phi) is 4.62. The molecule has 2 heteroatoms. The third kappa shape index (κ3) is 3.33. The Balaban J connectivity index is 2.13. The summed E-state index contributed by atoms with van der Waals surface area (Å²) in [6.07, 6.45) is 8.10. The summed E-state index contributed by atoms with van der Waals surface area (Å²) in [5.41, 5.74) is 7.10. The highest BCUT2D eigenvalue weighted by Crippen LogP contribution is 2.47. The fourth-order valence-corrected chi connectivity index (χ4v) is 4.20. The molecule has 2 unspecified atom stereocenters. The maximum Gasteiger partial charge on any atom is 0.0357 e. The zero-order chi connectivity index (χ0) is 14.1. The van der Waals surface area contributed by atoms with Crippen LogP contribution in [0.2, 0.25) is 0 Å². The highest BCUT2D eigenvalue weighted by atomic mass is 15.2. The van der Waals surface area contributed by atoms with Gasteiger partial charge in [-0.1, -0.05) is 27.7 Å². The molecule has 0 spiro atoms. The molecule has 2 aliphatic rings. The van der Waals surface area contributed by atoms with Gasteiger partial charge in [0.15, 0.2) is 0 Å². The third-order valence-corrected chi connectivity index (χ3v) is 5.66. The number of rotatable bonds is 6. The first-order chi connectivity index (χ1) is 8.93. The zero-order valence-electron chi connectivity index (χ0n) is 13.5. The Hall–Kier alpha value is -0.0800. The zero-order valence-corrected chi connectivity index (χ0v) is 13.5. The Bertz CT molecular complexity index is 296. The van der Waals surface area contributed by atoms with Crippen molar-refractivity contribution in [1.82, 2.24) is 4.90 Å². The van der Waals surface area contributed by atoms with Crippen molar-refractivity contribution in [3.8, 4) is 0 Å². The van der Waals surface area contributed by atoms with Crippen LogP contribution < -0.4 is 5.73 Å². The van der Waals surface area contributed by atoms with E-state index >= 15 is 0 Å². The summed E-state index contributed by atoms with van der Waals surface area (Å²) >= 11 is 0. The second kappa shape index (κ2) is 5.73. The van der Waals surface area contributed by atoms with Crippen LogP contribution in [0.15, 0.2) is 0 Å². The van der Waals surface area contributed by atoms with Crippen molar-refractivity contribution in [1.29, 1.82) is 0 Å². The van der Waals surface area contributed by atoms with Crippen LogP contribution in [-0.4, -0.2) is 30.1 Å². The molecular weight excluding hydrogens is 232 g/mol. The van der Waals surface area contributed by atoms with E-state index in [0.717, 1.165) is 18.4 Å². The minimum Gasteiger partial charge on any atom is -0.329 e. The molecule has 0 aromatic rings. The Labute approximate surface area is 120 Å². The van der Waals surface area contributed by atoms with Crippen LogP contribution in [0.3, 0.4) is 0 Å². The summed E-state index contributed by atoms with van der Waals surface area (Å²) in [5, 5.41) is 0. The third-order valence-electron chi connectivity index (χ3n) is 5.66. The van der Waals surface area contributed by atoms with E-state index in [2.05, 4.69) is 32.6 Å². The largest absolute Gasteiger partial charge is 0.329 e. The van der Waals surface area contributed by atoms with Gasteiger partial charge in [-0.2, -0.15) is 0 Å². The summed E-state index contributed by atoms with van der Waals surface area (Å²) < 4.78 is 0. The summed E-state index contributed by atoms with van der Waals surface area (Å²) in [4.78, 5) is 2.78. The van der Waals surface area contributed by atoms with E-state index < -0.39 is 0 Å². The topological polar surface area (TPSA) is 29.3 Å². The van der Waals surface area contributed by atoms with Gasteiger partial charge in [0.1, 0.15) is 0 Å². The molecule has 2 aliphatic carbocycles. The maximum absolute atomic E-state index is 6.30. The van der Waals surface area contributed by atoms with Crippen molar-refractivity contribution in [3.05, 3.63) is 0 Å². The van der Waals surface area contributed by atoms with Crippen molar-refractivity contribution in [2.24, 2.45) is 23.0 Å². The molecule has 0 saturated heterocycles. The maximum atomic E-state index is 6.30. The number of hydrogen-bond acceptors (Lipinski definition) is 2. The van der Waals surface area contributed by atoms with Gasteiger partial charge in [0.05, 0.1) is 0 Å². The molecule has 0 aromatic carbocycles. The van der Waals surface area contributed by atoms with E-state index in [9.17, 15) is 0 Å². The summed E-state index contributed by atoms with van der Waals surface area (Å²) in [7, 11) is 0. The van der Waals surface area contributed by atoms with Crippen molar-refractivity contribution < 1.29 is 0 Å². The number of nitrogens with two attached hydrogens (primary N) is 1. The van der Waals surface area contributed by atoms with Gasteiger partial charge in [0.25, 0.3) is 0 Å². The van der Waals surface area contributed by atoms with Crippen molar-refractivity contribution >= 4 is 0 Å². The lowest BCUT2D eigenvalue weighted by molar-refractivity contribution is -0.0249. The van der Waals surface area contributed by atoms with Crippen LogP contribution in [0.5, 0.6) is 0 Å². The lowest BCUT2D eigenvalue weighted by Gasteiger charge is -2.54. The van der Waals surface area contributed by atoms with Crippen molar-refractivity contribution in [3.63, 3.8) is 0 Å². The molecule has 112 valence electrons. The van der Waals surface area contributed by atoms with E-state index in [1.807, 2.05) is 0 Å². The van der Waals surface area contributed by atoms with Gasteiger partial charge in [-0.25, -0.2) is 0 Å². The average molecular weight is 266 g/mol. The first-order valence-corrected chi connectivity index (χ1v) is 8.38. The first-order valence-electron chi connectivity index (χ1n) is 8.38. The molecule has 0 amide bonds. The number of hydrogen-bond donors (Lipinski definition) is 1. The molecule has 0 aromatic heterocycles. The van der Waals surface area contributed by atoms with E-state index in [4.69, 9.17) is 5.73 Å². The van der Waals surface area contributed by atoms with Crippen LogP contribution in [0.4, 0.5) is 0 Å². The Morgan fingerprint density at radius 3 is 2.37 bits per heavy atom. The molecule has 0 radical (unpaired) electrons. The predicted molar refractivity (Wildman–Crippen MR) is 83.2 cm³/mol. The highest BCUT2D eigenvalue weighted by molar-refractivity contribution is 5.02. The average Bonchev–Trinajstić information content (AvgIpc) is 3.13. The van der Waals surface area contributed by atoms with Crippen LogP contribution in [0.25, 0.3) is 0 Å². The molecule has 2 N–H and O–H groups in total. The summed E-state index contributed by atoms with van der Waals surface area (Å²) in [6, 6.07) is 0. The SMILES string of the molecule is CCCN(CC1CC1)C1(CN)CCC(C)(C)CC1C. The summed E-state index contributed by atoms with van der Waals surface area (Å²) in [6.45, 7) is 13.0. The molecular formula is C17H34N2. The minimum absolute atomic E-state index is 0.286. The second-order valence-corrected chi connectivity index (χ2v) is 7.97. The lowest BCUT2D eigenvalue weighted by atomic mass is 9.63. The molecule has 2 fully saturated rings. The lowest BCUT2D eigenvalue weighted by Crippen LogP contribution is -2.61. The Morgan fingerprint density at radius 1 is 1.21 bits per heavy atom. The van der Waals surface area contributed by atoms with E-state index in [-0.39, 0.29) is 5.54 Å². The smallest absolute Gasteiger partial charge is 0.0357 e. The Morgan fingerprint density at radius 2 is 1.89 bits per heavy atom. The van der Waals surface area contributed by atoms with Crippen molar-refractivity contribution in [2.45, 2.75) is 71.8 Å². The molecule has 2 nitrogen and oxygen atoms in total. The highest BCUT2D eigenvalue weighted by Gasteiger charge is 2.47. The quantitative estimate of drug-likeness (QED) is 0.795. The van der Waals surface area contributed by atoms with Gasteiger partial charge in [0.2, 0.25) is 0 Å². The van der Waals surface area contributed by atoms with Gasteiger partial charge in [0, 0.05) is 18.6 Å². The van der Waals surface area contributed by atoms with E-state index in [0.29, 0.717) is 5.41 Å². The molecule has 2 rings (SSSR count). The molecule has 0 bridgehead atoms. The molecule has 2 saturated carbocycles. The normalized spacial score (nSPS) is 34.7. The molecule has 2 atom stereocenters. The standard InChI is InChI=1S/C17H34N2/c1-5-10-19(12-15-6-7-15)17(13-18)9-8-16(3,4)11-14(17)2/h14-15H,5-13,18H2,1-4H3. The molecule has 0 heterocycles. The minimum atomic E-state index is 0.286. The predicted octanol–water partition coefficient (Wildman–Crippen LogP) is 3.65. The van der Waals surface area contributed by atoms with Crippen molar-refractivity contribution in [2.75, 3.05) is 19.6 Å². The van der Waals surface area contributed by atoms with Crippen LogP contribution >= 0.6 is 0 Å². The van der Waals surface area contributed by atoms with Gasteiger partial charge < -0.3 is 5.73 Å². The van der Waals surface area contributed by atoms with Crippen LogP contribution in [0.1, 0.15) is 66.2 Å². The second-order valence-electron chi connectivity index (χ2n) is 7.97. The van der Waals surface area contributed by atoms with Gasteiger partial charge in [-0.05, 0) is 62.3 Å². The molecule has 19 heavy (non-hydrogen) atoms.